The molecule has 0 aliphatic heterocycles. The zero-order chi connectivity index (χ0) is 27.0. The predicted molar refractivity (Wildman–Crippen MR) is 131 cm³/mol. The van der Waals surface area contributed by atoms with Crippen molar-refractivity contribution in [1.82, 2.24) is 34.3 Å². The van der Waals surface area contributed by atoms with Crippen LogP contribution in [0.2, 0.25) is 0 Å². The third-order valence-electron chi connectivity index (χ3n) is 5.92. The van der Waals surface area contributed by atoms with Gasteiger partial charge >= 0.3 is 6.61 Å². The SMILES string of the molecule is CC(C)C(c1ccc(C(F)F)nc1)n1cc(-c2cc(-c3ccc(OC(F)F)nc3)n3nc(N)nc3c2)cn1. The van der Waals surface area contributed by atoms with Gasteiger partial charge in [0.2, 0.25) is 11.8 Å². The first kappa shape index (κ1) is 25.1. The predicted octanol–water partition coefficient (Wildman–Crippen LogP) is 5.42. The molecule has 9 nitrogen and oxygen atoms in total. The van der Waals surface area contributed by atoms with Gasteiger partial charge < -0.3 is 10.5 Å². The number of hydrogen-bond donors (Lipinski definition) is 1. The summed E-state index contributed by atoms with van der Waals surface area (Å²) in [7, 11) is 0. The Kier molecular flexibility index (Phi) is 6.66. The monoisotopic (exact) mass is 526 g/mol. The van der Waals surface area contributed by atoms with Gasteiger partial charge in [-0.1, -0.05) is 19.9 Å². The molecule has 0 saturated carbocycles. The summed E-state index contributed by atoms with van der Waals surface area (Å²) >= 11 is 0. The molecule has 5 rings (SSSR count). The molecular weight excluding hydrogens is 504 g/mol. The summed E-state index contributed by atoms with van der Waals surface area (Å²) in [6.07, 6.45) is 3.73. The number of anilines is 1. The molecule has 5 aromatic rings. The average molecular weight is 526 g/mol. The number of alkyl halides is 4. The minimum absolute atomic E-state index is 0.0596. The molecule has 196 valence electrons. The molecule has 0 aliphatic rings. The number of fused-ring (bicyclic) bond motifs is 1. The molecule has 0 aliphatic carbocycles. The lowest BCUT2D eigenvalue weighted by Gasteiger charge is -2.22. The summed E-state index contributed by atoms with van der Waals surface area (Å²) in [6, 6.07) is 9.24. The van der Waals surface area contributed by atoms with E-state index in [0.717, 1.165) is 16.7 Å². The summed E-state index contributed by atoms with van der Waals surface area (Å²) in [6.45, 7) is 1.03. The molecule has 5 heterocycles. The number of hydrogen-bond acceptors (Lipinski definition) is 7. The third kappa shape index (κ3) is 4.99. The van der Waals surface area contributed by atoms with Crippen LogP contribution in [-0.2, 0) is 0 Å². The zero-order valence-corrected chi connectivity index (χ0v) is 20.2. The van der Waals surface area contributed by atoms with Crippen molar-refractivity contribution in [2.75, 3.05) is 5.73 Å². The molecular formula is C25H22F4N8O. The standard InChI is InChI=1S/C25H22F4N8O/c1-13(2)22(15-3-5-18(23(26)27)31-10-15)36-12-17(11-33-36)16-7-19(37-20(8-16)34-25(30)35-37)14-4-6-21(32-9-14)38-24(28)29/h3-13,22-24H,1-2H3,(H2,30,35). The first-order valence-electron chi connectivity index (χ1n) is 11.6. The molecule has 1 unspecified atom stereocenters. The molecule has 2 N–H and O–H groups in total. The van der Waals surface area contributed by atoms with Gasteiger partial charge in [-0.25, -0.2) is 18.3 Å². The van der Waals surface area contributed by atoms with E-state index < -0.39 is 13.0 Å². The van der Waals surface area contributed by atoms with Gasteiger partial charge in [-0.15, -0.1) is 5.10 Å². The van der Waals surface area contributed by atoms with E-state index >= 15 is 0 Å². The van der Waals surface area contributed by atoms with Gasteiger partial charge in [0.1, 0.15) is 5.69 Å². The van der Waals surface area contributed by atoms with Crippen LogP contribution in [-0.4, -0.2) is 41.0 Å². The molecule has 1 atom stereocenters. The molecule has 5 aromatic heterocycles. The number of aromatic nitrogens is 7. The molecule has 0 spiro atoms. The van der Waals surface area contributed by atoms with E-state index in [0.29, 0.717) is 16.9 Å². The Morgan fingerprint density at radius 3 is 2.34 bits per heavy atom. The number of halogens is 4. The lowest BCUT2D eigenvalue weighted by molar-refractivity contribution is -0.0528. The van der Waals surface area contributed by atoms with E-state index in [1.54, 1.807) is 29.1 Å². The molecule has 0 radical (unpaired) electrons. The number of nitrogen functional groups attached to an aromatic ring is 1. The summed E-state index contributed by atoms with van der Waals surface area (Å²) < 4.78 is 58.6. The van der Waals surface area contributed by atoms with Crippen LogP contribution in [0.5, 0.6) is 5.88 Å². The van der Waals surface area contributed by atoms with Crippen molar-refractivity contribution in [1.29, 1.82) is 0 Å². The lowest BCUT2D eigenvalue weighted by Crippen LogP contribution is -2.17. The minimum atomic E-state index is -2.98. The molecule has 13 heteroatoms. The normalized spacial score (nSPS) is 12.7. The van der Waals surface area contributed by atoms with Crippen LogP contribution in [0, 0.1) is 5.92 Å². The molecule has 0 amide bonds. The molecule has 0 fully saturated rings. The van der Waals surface area contributed by atoms with Crippen molar-refractivity contribution in [2.45, 2.75) is 32.9 Å². The second kappa shape index (κ2) is 10.1. The maximum absolute atomic E-state index is 13.0. The van der Waals surface area contributed by atoms with E-state index in [4.69, 9.17) is 5.73 Å². The molecule has 0 bridgehead atoms. The van der Waals surface area contributed by atoms with Crippen LogP contribution < -0.4 is 10.5 Å². The lowest BCUT2D eigenvalue weighted by atomic mass is 9.97. The minimum Gasteiger partial charge on any atom is -0.417 e. The van der Waals surface area contributed by atoms with E-state index in [2.05, 4.69) is 29.9 Å². The Hall–Kier alpha value is -4.55. The Labute approximate surface area is 213 Å². The third-order valence-corrected chi connectivity index (χ3v) is 5.92. The molecule has 0 saturated heterocycles. The maximum atomic E-state index is 13.0. The summed E-state index contributed by atoms with van der Waals surface area (Å²) in [5.74, 6) is -0.0769. The first-order valence-corrected chi connectivity index (χ1v) is 11.6. The second-order valence-corrected chi connectivity index (χ2v) is 8.85. The van der Waals surface area contributed by atoms with E-state index in [-0.39, 0.29) is 29.5 Å². The Bertz CT molecular complexity index is 1550. The number of rotatable bonds is 8. The van der Waals surface area contributed by atoms with E-state index in [1.807, 2.05) is 26.1 Å². The highest BCUT2D eigenvalue weighted by Crippen LogP contribution is 2.32. The number of nitrogens with zero attached hydrogens (tertiary/aromatic N) is 7. The molecule has 0 aromatic carbocycles. The highest BCUT2D eigenvalue weighted by molar-refractivity contribution is 5.74. The van der Waals surface area contributed by atoms with Gasteiger partial charge in [-0.3, -0.25) is 9.67 Å². The van der Waals surface area contributed by atoms with Gasteiger partial charge in [0, 0.05) is 35.8 Å². The van der Waals surface area contributed by atoms with Crippen molar-refractivity contribution in [3.63, 3.8) is 0 Å². The highest BCUT2D eigenvalue weighted by Gasteiger charge is 2.21. The van der Waals surface area contributed by atoms with Crippen LogP contribution in [0.1, 0.15) is 37.6 Å². The topological polar surface area (TPSA) is 109 Å². The number of nitrogens with two attached hydrogens (primary N) is 1. The largest absolute Gasteiger partial charge is 0.417 e. The van der Waals surface area contributed by atoms with E-state index in [1.165, 1.54) is 29.0 Å². The molecule has 38 heavy (non-hydrogen) atoms. The van der Waals surface area contributed by atoms with Crippen molar-refractivity contribution in [2.24, 2.45) is 5.92 Å². The van der Waals surface area contributed by atoms with Crippen LogP contribution in [0.25, 0.3) is 28.0 Å². The smallest absolute Gasteiger partial charge is 0.388 e. The number of ether oxygens (including phenoxy) is 1. The fraction of sp³-hybridized carbons (Fsp3) is 0.240. The van der Waals surface area contributed by atoms with Gasteiger partial charge in [0.05, 0.1) is 17.9 Å². The first-order chi connectivity index (χ1) is 18.2. The quantitative estimate of drug-likeness (QED) is 0.269. The van der Waals surface area contributed by atoms with Crippen molar-refractivity contribution >= 4 is 11.6 Å². The van der Waals surface area contributed by atoms with Gasteiger partial charge in [0.15, 0.2) is 5.65 Å². The Balaban J connectivity index is 1.53. The average Bonchev–Trinajstić information content (AvgIpc) is 3.50. The van der Waals surface area contributed by atoms with E-state index in [9.17, 15) is 17.6 Å². The van der Waals surface area contributed by atoms with Gasteiger partial charge in [0.25, 0.3) is 6.43 Å². The van der Waals surface area contributed by atoms with Gasteiger partial charge in [-0.05, 0) is 41.3 Å². The van der Waals surface area contributed by atoms with Crippen molar-refractivity contribution in [3.8, 4) is 28.3 Å². The fourth-order valence-corrected chi connectivity index (χ4v) is 4.27. The highest BCUT2D eigenvalue weighted by atomic mass is 19.3. The Morgan fingerprint density at radius 2 is 1.71 bits per heavy atom. The number of pyridine rings is 3. The summed E-state index contributed by atoms with van der Waals surface area (Å²) in [4.78, 5) is 12.1. The van der Waals surface area contributed by atoms with Gasteiger partial charge in [-0.2, -0.15) is 18.9 Å². The zero-order valence-electron chi connectivity index (χ0n) is 20.2. The van der Waals surface area contributed by atoms with Crippen LogP contribution in [0.15, 0.2) is 61.2 Å². The van der Waals surface area contributed by atoms with Crippen molar-refractivity contribution < 1.29 is 22.3 Å². The summed E-state index contributed by atoms with van der Waals surface area (Å²) in [5, 5.41) is 8.78. The van der Waals surface area contributed by atoms with Crippen LogP contribution in [0.3, 0.4) is 0 Å². The van der Waals surface area contributed by atoms with Crippen molar-refractivity contribution in [3.05, 3.63) is 72.4 Å². The second-order valence-electron chi connectivity index (χ2n) is 8.85. The fourth-order valence-electron chi connectivity index (χ4n) is 4.27. The van der Waals surface area contributed by atoms with Crippen LogP contribution in [0.4, 0.5) is 23.5 Å². The summed E-state index contributed by atoms with van der Waals surface area (Å²) in [5.41, 5.74) is 9.40. The Morgan fingerprint density at radius 1 is 0.895 bits per heavy atom. The maximum Gasteiger partial charge on any atom is 0.388 e. The van der Waals surface area contributed by atoms with Crippen LogP contribution >= 0.6 is 0 Å².